The van der Waals surface area contributed by atoms with E-state index in [4.69, 9.17) is 0 Å². The third kappa shape index (κ3) is 3.48. The predicted octanol–water partition coefficient (Wildman–Crippen LogP) is 4.20. The van der Waals surface area contributed by atoms with Crippen LogP contribution < -0.4 is 5.32 Å². The molecule has 1 atom stereocenters. The zero-order valence-corrected chi connectivity index (χ0v) is 11.3. The monoisotopic (exact) mass is 303 g/mol. The van der Waals surface area contributed by atoms with Gasteiger partial charge in [-0.1, -0.05) is 13.3 Å². The van der Waals surface area contributed by atoms with Gasteiger partial charge in [0.15, 0.2) is 0 Å². The summed E-state index contributed by atoms with van der Waals surface area (Å²) < 4.78 is 1.30. The van der Waals surface area contributed by atoms with Crippen molar-refractivity contribution in [2.75, 3.05) is 5.32 Å². The first-order chi connectivity index (χ1) is 6.63. The molecule has 1 N–H and O–H groups in total. The molecule has 0 aliphatic heterocycles. The molecular weight excluding hydrogens is 285 g/mol. The van der Waals surface area contributed by atoms with Gasteiger partial charge in [0.1, 0.15) is 0 Å². The van der Waals surface area contributed by atoms with E-state index in [9.17, 15) is 0 Å². The lowest BCUT2D eigenvalue weighted by molar-refractivity contribution is 0.690. The Balaban J connectivity index is 2.67. The second kappa shape index (κ2) is 5.59. The van der Waals surface area contributed by atoms with Crippen LogP contribution in [-0.4, -0.2) is 6.04 Å². The summed E-state index contributed by atoms with van der Waals surface area (Å²) in [4.78, 5) is 0. The minimum Gasteiger partial charge on any atom is -0.382 e. The van der Waals surface area contributed by atoms with E-state index in [0.717, 1.165) is 0 Å². The summed E-state index contributed by atoms with van der Waals surface area (Å²) in [6.45, 7) is 6.61. The molecule has 0 fully saturated rings. The van der Waals surface area contributed by atoms with E-state index < -0.39 is 0 Å². The Labute approximate surface area is 100 Å². The van der Waals surface area contributed by atoms with Crippen molar-refractivity contribution in [3.8, 4) is 0 Å². The van der Waals surface area contributed by atoms with Gasteiger partial charge in [-0.15, -0.1) is 0 Å². The number of nitrogens with one attached hydrogen (secondary N) is 1. The van der Waals surface area contributed by atoms with Crippen molar-refractivity contribution in [2.24, 2.45) is 0 Å². The molecule has 0 radical (unpaired) electrons. The minimum absolute atomic E-state index is 0.568. The fourth-order valence-corrected chi connectivity index (χ4v) is 2.21. The molecule has 78 valence electrons. The van der Waals surface area contributed by atoms with Crippen LogP contribution in [0.5, 0.6) is 0 Å². The molecule has 0 bridgehead atoms. The Morgan fingerprint density at radius 2 is 2.14 bits per heavy atom. The first-order valence-corrected chi connectivity index (χ1v) is 6.24. The third-order valence-electron chi connectivity index (χ3n) is 2.31. The first kappa shape index (κ1) is 11.8. The summed E-state index contributed by atoms with van der Waals surface area (Å²) in [7, 11) is 0. The second-order valence-electron chi connectivity index (χ2n) is 3.79. The number of anilines is 1. The number of hydrogen-bond donors (Lipinski definition) is 1. The van der Waals surface area contributed by atoms with Crippen LogP contribution in [-0.2, 0) is 0 Å². The van der Waals surface area contributed by atoms with E-state index in [-0.39, 0.29) is 0 Å². The predicted molar refractivity (Wildman–Crippen MR) is 71.9 cm³/mol. The van der Waals surface area contributed by atoms with Crippen LogP contribution in [0.25, 0.3) is 0 Å². The Morgan fingerprint density at radius 3 is 2.71 bits per heavy atom. The molecule has 1 unspecified atom stereocenters. The summed E-state index contributed by atoms with van der Waals surface area (Å²) >= 11 is 2.34. The van der Waals surface area contributed by atoms with E-state index in [2.05, 4.69) is 66.9 Å². The largest absolute Gasteiger partial charge is 0.382 e. The molecule has 2 heteroatoms. The highest BCUT2D eigenvalue weighted by molar-refractivity contribution is 14.1. The lowest BCUT2D eigenvalue weighted by atomic mass is 10.1. The van der Waals surface area contributed by atoms with Crippen molar-refractivity contribution < 1.29 is 0 Å². The van der Waals surface area contributed by atoms with Crippen LogP contribution in [0.2, 0.25) is 0 Å². The van der Waals surface area contributed by atoms with Crippen LogP contribution >= 0.6 is 22.6 Å². The van der Waals surface area contributed by atoms with Crippen molar-refractivity contribution in [2.45, 2.75) is 39.7 Å². The molecular formula is C12H18IN. The van der Waals surface area contributed by atoms with E-state index in [0.29, 0.717) is 6.04 Å². The Bertz CT molecular complexity index is 296. The average molecular weight is 303 g/mol. The van der Waals surface area contributed by atoms with Crippen molar-refractivity contribution in [3.63, 3.8) is 0 Å². The minimum atomic E-state index is 0.568. The van der Waals surface area contributed by atoms with E-state index in [1.807, 2.05) is 0 Å². The van der Waals surface area contributed by atoms with Gasteiger partial charge in [-0.05, 0) is 66.6 Å². The van der Waals surface area contributed by atoms with Crippen LogP contribution in [0.1, 0.15) is 32.3 Å². The second-order valence-corrected chi connectivity index (χ2v) is 5.04. The standard InChI is InChI=1S/C12H18IN/c1-4-5-10(3)14-12-7-6-11(13)8-9(12)2/h6-8,10,14H,4-5H2,1-3H3. The Kier molecular flexibility index (Phi) is 4.72. The molecule has 0 aromatic heterocycles. The van der Waals surface area contributed by atoms with Gasteiger partial charge in [0.2, 0.25) is 0 Å². The number of halogens is 1. The summed E-state index contributed by atoms with van der Waals surface area (Å²) in [6.07, 6.45) is 2.46. The van der Waals surface area contributed by atoms with Gasteiger partial charge in [0.05, 0.1) is 0 Å². The van der Waals surface area contributed by atoms with Gasteiger partial charge in [0, 0.05) is 15.3 Å². The fraction of sp³-hybridized carbons (Fsp3) is 0.500. The molecule has 1 nitrogen and oxygen atoms in total. The maximum absolute atomic E-state index is 3.53. The number of aryl methyl sites for hydroxylation is 1. The molecule has 1 aromatic rings. The highest BCUT2D eigenvalue weighted by Gasteiger charge is 2.02. The van der Waals surface area contributed by atoms with Crippen molar-refractivity contribution in [1.82, 2.24) is 0 Å². The molecule has 0 saturated carbocycles. The first-order valence-electron chi connectivity index (χ1n) is 5.16. The summed E-state index contributed by atoms with van der Waals surface area (Å²) in [5.41, 5.74) is 2.60. The number of rotatable bonds is 4. The lowest BCUT2D eigenvalue weighted by Crippen LogP contribution is -2.15. The van der Waals surface area contributed by atoms with Gasteiger partial charge in [-0.25, -0.2) is 0 Å². The van der Waals surface area contributed by atoms with Crippen LogP contribution in [0.15, 0.2) is 18.2 Å². The molecule has 0 aliphatic carbocycles. The lowest BCUT2D eigenvalue weighted by Gasteiger charge is -2.16. The topological polar surface area (TPSA) is 12.0 Å². The van der Waals surface area contributed by atoms with Crippen molar-refractivity contribution >= 4 is 28.3 Å². The zero-order valence-electron chi connectivity index (χ0n) is 9.10. The maximum Gasteiger partial charge on any atom is 0.0372 e. The molecule has 0 heterocycles. The quantitative estimate of drug-likeness (QED) is 0.822. The Morgan fingerprint density at radius 1 is 1.43 bits per heavy atom. The molecule has 0 amide bonds. The molecule has 0 aliphatic rings. The van der Waals surface area contributed by atoms with E-state index in [1.54, 1.807) is 0 Å². The highest BCUT2D eigenvalue weighted by Crippen LogP contribution is 2.19. The number of hydrogen-bond acceptors (Lipinski definition) is 1. The van der Waals surface area contributed by atoms with Crippen molar-refractivity contribution in [3.05, 3.63) is 27.3 Å². The van der Waals surface area contributed by atoms with Gasteiger partial charge < -0.3 is 5.32 Å². The molecule has 1 rings (SSSR count). The molecule has 0 spiro atoms. The summed E-state index contributed by atoms with van der Waals surface area (Å²) in [6, 6.07) is 7.10. The SMILES string of the molecule is CCCC(C)Nc1ccc(I)cc1C. The Hall–Kier alpha value is -0.250. The van der Waals surface area contributed by atoms with Crippen molar-refractivity contribution in [1.29, 1.82) is 0 Å². The molecule has 0 saturated heterocycles. The van der Waals surface area contributed by atoms with Crippen LogP contribution in [0.3, 0.4) is 0 Å². The zero-order chi connectivity index (χ0) is 10.6. The maximum atomic E-state index is 3.53. The van der Waals surface area contributed by atoms with Gasteiger partial charge in [-0.3, -0.25) is 0 Å². The molecule has 1 aromatic carbocycles. The van der Waals surface area contributed by atoms with Gasteiger partial charge >= 0.3 is 0 Å². The van der Waals surface area contributed by atoms with Gasteiger partial charge in [-0.2, -0.15) is 0 Å². The van der Waals surface area contributed by atoms with Gasteiger partial charge in [0.25, 0.3) is 0 Å². The smallest absolute Gasteiger partial charge is 0.0372 e. The van der Waals surface area contributed by atoms with E-state index >= 15 is 0 Å². The molecule has 14 heavy (non-hydrogen) atoms. The highest BCUT2D eigenvalue weighted by atomic mass is 127. The van der Waals surface area contributed by atoms with E-state index in [1.165, 1.54) is 27.7 Å². The van der Waals surface area contributed by atoms with Crippen LogP contribution in [0, 0.1) is 10.5 Å². The third-order valence-corrected chi connectivity index (χ3v) is 2.98. The average Bonchev–Trinajstić information content (AvgIpc) is 2.10. The normalized spacial score (nSPS) is 12.6. The summed E-state index contributed by atoms with van der Waals surface area (Å²) in [5, 5.41) is 3.53. The number of benzene rings is 1. The van der Waals surface area contributed by atoms with Crippen LogP contribution in [0.4, 0.5) is 5.69 Å². The summed E-state index contributed by atoms with van der Waals surface area (Å²) in [5.74, 6) is 0. The fourth-order valence-electron chi connectivity index (χ4n) is 1.56.